The molecule has 12 heteroatoms. The fourth-order valence-electron chi connectivity index (χ4n) is 4.09. The van der Waals surface area contributed by atoms with Crippen LogP contribution in [0.3, 0.4) is 0 Å². The first-order chi connectivity index (χ1) is 14.7. The molecule has 0 spiro atoms. The normalized spacial score (nSPS) is 24.5. The molecule has 1 aliphatic heterocycles. The molecule has 1 unspecified atom stereocenters. The zero-order valence-corrected chi connectivity index (χ0v) is 19.7. The number of carbonyl (C=O) groups is 1. The number of aromatic nitrogens is 1. The molecule has 2 fully saturated rings. The monoisotopic (exact) mass is 493 g/mol. The van der Waals surface area contributed by atoms with E-state index in [4.69, 9.17) is 10.5 Å². The highest BCUT2D eigenvalue weighted by molar-refractivity contribution is 7.15. The summed E-state index contributed by atoms with van der Waals surface area (Å²) in [5.41, 5.74) is 6.18. The highest BCUT2D eigenvalue weighted by Gasteiger charge is 2.41. The van der Waals surface area contributed by atoms with Crippen LogP contribution in [0.5, 0.6) is 0 Å². The fraction of sp³-hybridized carbons (Fsp3) is 0.700. The summed E-state index contributed by atoms with van der Waals surface area (Å²) in [7, 11) is 1.45. The van der Waals surface area contributed by atoms with Crippen molar-refractivity contribution in [3.05, 3.63) is 16.9 Å². The Morgan fingerprint density at radius 2 is 2.16 bits per heavy atom. The van der Waals surface area contributed by atoms with E-state index in [1.165, 1.54) is 18.2 Å². The summed E-state index contributed by atoms with van der Waals surface area (Å²) in [6, 6.07) is -1.30. The van der Waals surface area contributed by atoms with E-state index in [0.717, 1.165) is 37.0 Å². The highest BCUT2D eigenvalue weighted by atomic mass is 35.5. The smallest absolute Gasteiger partial charge is 0.282 e. The van der Waals surface area contributed by atoms with Crippen LogP contribution in [0.1, 0.15) is 43.5 Å². The molecule has 2 aliphatic rings. The van der Waals surface area contributed by atoms with Crippen LogP contribution in [0.4, 0.5) is 13.9 Å². The third kappa shape index (κ3) is 6.39. The summed E-state index contributed by atoms with van der Waals surface area (Å²) in [6.45, 7) is 0.978. The topological polar surface area (TPSA) is 110 Å². The number of alkyl halides is 2. The number of carbonyl (C=O) groups excluding carboxylic acids is 2. The molecular weight excluding hydrogens is 464 g/mol. The van der Waals surface area contributed by atoms with E-state index < -0.39 is 31.1 Å². The van der Waals surface area contributed by atoms with Crippen molar-refractivity contribution < 1.29 is 23.1 Å². The summed E-state index contributed by atoms with van der Waals surface area (Å²) in [4.78, 5) is 29.9. The molecule has 0 aromatic carbocycles. The molecule has 8 nitrogen and oxygen atoms in total. The Morgan fingerprint density at radius 3 is 2.78 bits per heavy atom. The van der Waals surface area contributed by atoms with E-state index in [1.54, 1.807) is 5.94 Å². The van der Waals surface area contributed by atoms with Crippen LogP contribution in [0, 0.1) is 11.8 Å². The van der Waals surface area contributed by atoms with Crippen LogP contribution in [-0.2, 0) is 14.3 Å². The van der Waals surface area contributed by atoms with Gasteiger partial charge in [-0.3, -0.25) is 4.79 Å². The molecule has 32 heavy (non-hydrogen) atoms. The molecule has 1 aromatic rings. The van der Waals surface area contributed by atoms with Crippen molar-refractivity contribution in [3.8, 4) is 0 Å². The van der Waals surface area contributed by atoms with Crippen LogP contribution in [-0.4, -0.2) is 60.5 Å². The molecule has 3 rings (SSSR count). The zero-order chi connectivity index (χ0) is 22.6. The Labute approximate surface area is 196 Å². The van der Waals surface area contributed by atoms with Gasteiger partial charge in [-0.25, -0.2) is 18.6 Å². The number of nitrogens with one attached hydrogen (secondary N) is 2. The molecule has 1 aromatic heterocycles. The first-order valence-corrected chi connectivity index (χ1v) is 11.2. The van der Waals surface area contributed by atoms with Gasteiger partial charge in [0.25, 0.3) is 5.92 Å². The molecule has 1 amide bonds. The minimum Gasteiger partial charge on any atom is -0.382 e. The second kappa shape index (κ2) is 11.4. The number of nitrogens with two attached hydrogens (primary N) is 1. The quantitative estimate of drug-likeness (QED) is 0.501. The average Bonchev–Trinajstić information content (AvgIpc) is 3.19. The van der Waals surface area contributed by atoms with Crippen molar-refractivity contribution in [2.75, 3.05) is 32.1 Å². The molecule has 0 bridgehead atoms. The third-order valence-electron chi connectivity index (χ3n) is 5.95. The lowest BCUT2D eigenvalue weighted by Crippen LogP contribution is -2.53. The highest BCUT2D eigenvalue weighted by Crippen LogP contribution is 2.35. The molecule has 4 N–H and O–H groups in total. The van der Waals surface area contributed by atoms with Gasteiger partial charge >= 0.3 is 0 Å². The zero-order valence-electron chi connectivity index (χ0n) is 18.1. The van der Waals surface area contributed by atoms with E-state index in [1.807, 2.05) is 0 Å². The standard InChI is InChI=1S/C20H29F2N5O3S.ClH/c1-12-3-5-13(6-4-12)17(23)18(29)26-19-24-7-15(31-19)14(9-30-2)27-11-20(21,22)10-25-16(27)8-28;/h7,12-14,17,25H,3-6,9-11,23H2,1-2H3,(H,24,26,29);1H/t12-,13-,14?,17-;/m0./s1. The van der Waals surface area contributed by atoms with Crippen LogP contribution < -0.4 is 16.4 Å². The second-order valence-corrected chi connectivity index (χ2v) is 9.42. The number of amides is 1. The van der Waals surface area contributed by atoms with Gasteiger partial charge in [-0.05, 0) is 24.7 Å². The predicted octanol–water partition coefficient (Wildman–Crippen LogP) is 2.56. The molecule has 1 saturated carbocycles. The Balaban J connectivity index is 0.00000363. The summed E-state index contributed by atoms with van der Waals surface area (Å²) in [5.74, 6) is -0.891. The number of thiazole rings is 1. The minimum absolute atomic E-state index is 0. The van der Waals surface area contributed by atoms with Crippen LogP contribution in [0.25, 0.3) is 0 Å². The Kier molecular flexibility index (Phi) is 9.41. The predicted molar refractivity (Wildman–Crippen MR) is 121 cm³/mol. The summed E-state index contributed by atoms with van der Waals surface area (Å²) >= 11 is 1.14. The molecule has 2 atom stereocenters. The van der Waals surface area contributed by atoms with Gasteiger partial charge in [0.1, 0.15) is 0 Å². The van der Waals surface area contributed by atoms with Gasteiger partial charge in [0.2, 0.25) is 5.91 Å². The van der Waals surface area contributed by atoms with Crippen molar-refractivity contribution in [2.24, 2.45) is 17.6 Å². The number of hydrogen-bond acceptors (Lipinski definition) is 8. The van der Waals surface area contributed by atoms with Gasteiger partial charge < -0.3 is 26.0 Å². The Morgan fingerprint density at radius 1 is 1.47 bits per heavy atom. The molecule has 180 valence electrons. The van der Waals surface area contributed by atoms with Gasteiger partial charge in [-0.15, -0.1) is 12.4 Å². The van der Waals surface area contributed by atoms with E-state index >= 15 is 0 Å². The third-order valence-corrected chi connectivity index (χ3v) is 6.97. The van der Waals surface area contributed by atoms with Gasteiger partial charge in [-0.2, -0.15) is 0 Å². The lowest BCUT2D eigenvalue weighted by molar-refractivity contribution is -0.118. The van der Waals surface area contributed by atoms with E-state index in [-0.39, 0.29) is 36.7 Å². The van der Waals surface area contributed by atoms with Crippen molar-refractivity contribution >= 4 is 40.7 Å². The Hall–Kier alpha value is -1.78. The molecule has 1 saturated heterocycles. The SMILES string of the molecule is COCC(c1cnc(NC(=O)[C@@H](N)[C@H]2CC[C@H](C)CC2)s1)N1CC(F)(F)CNC1=C=O.Cl. The van der Waals surface area contributed by atoms with Gasteiger partial charge in [-0.1, -0.05) is 31.1 Å². The van der Waals surface area contributed by atoms with Crippen LogP contribution >= 0.6 is 23.7 Å². The van der Waals surface area contributed by atoms with E-state index in [0.29, 0.717) is 15.9 Å². The summed E-state index contributed by atoms with van der Waals surface area (Å²) in [5, 5.41) is 5.50. The lowest BCUT2D eigenvalue weighted by Gasteiger charge is -2.39. The van der Waals surface area contributed by atoms with Crippen LogP contribution in [0.2, 0.25) is 0 Å². The maximum atomic E-state index is 14.0. The molecular formula is C20H30ClF2N5O3S. The van der Waals surface area contributed by atoms with Crippen LogP contribution in [0.15, 0.2) is 12.0 Å². The fourth-order valence-corrected chi connectivity index (χ4v) is 5.01. The number of ether oxygens (including phenoxy) is 1. The second-order valence-electron chi connectivity index (χ2n) is 8.36. The summed E-state index contributed by atoms with van der Waals surface area (Å²) < 4.78 is 33.2. The van der Waals surface area contributed by atoms with Gasteiger partial charge in [0.05, 0.1) is 36.7 Å². The van der Waals surface area contributed by atoms with E-state index in [2.05, 4.69) is 22.5 Å². The average molecular weight is 494 g/mol. The van der Waals surface area contributed by atoms with Crippen molar-refractivity contribution in [2.45, 2.75) is 50.6 Å². The Bertz CT molecular complexity index is 828. The minimum atomic E-state index is -3.02. The first-order valence-electron chi connectivity index (χ1n) is 10.4. The number of methoxy groups -OCH3 is 1. The summed E-state index contributed by atoms with van der Waals surface area (Å²) in [6.07, 6.45) is 5.46. The van der Waals surface area contributed by atoms with Gasteiger partial charge in [0.15, 0.2) is 16.9 Å². The van der Waals surface area contributed by atoms with Gasteiger partial charge in [0, 0.05) is 13.3 Å². The number of anilines is 1. The van der Waals surface area contributed by atoms with Crippen molar-refractivity contribution in [1.29, 1.82) is 0 Å². The lowest BCUT2D eigenvalue weighted by atomic mass is 9.79. The number of halogens is 3. The maximum absolute atomic E-state index is 14.0. The number of nitrogens with zero attached hydrogens (tertiary/aromatic N) is 2. The van der Waals surface area contributed by atoms with Crippen molar-refractivity contribution in [1.82, 2.24) is 15.2 Å². The largest absolute Gasteiger partial charge is 0.382 e. The van der Waals surface area contributed by atoms with Crippen molar-refractivity contribution in [3.63, 3.8) is 0 Å². The molecule has 0 radical (unpaired) electrons. The maximum Gasteiger partial charge on any atom is 0.282 e. The number of hydrogen-bond donors (Lipinski definition) is 3. The number of rotatable bonds is 7. The van der Waals surface area contributed by atoms with E-state index in [9.17, 15) is 18.4 Å². The molecule has 2 heterocycles. The molecule has 1 aliphatic carbocycles. The first kappa shape index (κ1) is 26.5.